The molecule has 1 fully saturated rings. The maximum absolute atomic E-state index is 13.0. The molecule has 5 nitrogen and oxygen atoms in total. The molecule has 2 aromatic heterocycles. The van der Waals surface area contributed by atoms with Crippen LogP contribution in [0.25, 0.3) is 10.9 Å². The molecule has 122 valence electrons. The average Bonchev–Trinajstić information content (AvgIpc) is 3.36. The van der Waals surface area contributed by atoms with Crippen LogP contribution in [-0.4, -0.2) is 32.6 Å². The molecule has 0 N–H and O–H groups in total. The quantitative estimate of drug-likeness (QED) is 0.742. The van der Waals surface area contributed by atoms with E-state index in [9.17, 15) is 4.79 Å². The summed E-state index contributed by atoms with van der Waals surface area (Å²) >= 11 is 0. The molecule has 24 heavy (non-hydrogen) atoms. The number of hydrogen-bond donors (Lipinski definition) is 0. The molecule has 4 rings (SSSR count). The van der Waals surface area contributed by atoms with E-state index >= 15 is 0 Å². The number of aryl methyl sites for hydroxylation is 1. The van der Waals surface area contributed by atoms with Crippen LogP contribution in [0.4, 0.5) is 0 Å². The lowest BCUT2D eigenvalue weighted by atomic mass is 10.0. The summed E-state index contributed by atoms with van der Waals surface area (Å²) in [5, 5.41) is 5.09. The number of aromatic nitrogens is 3. The number of amides is 1. The van der Waals surface area contributed by atoms with Gasteiger partial charge in [0, 0.05) is 49.4 Å². The maximum Gasteiger partial charge on any atom is 0.254 e. The predicted octanol–water partition coefficient (Wildman–Crippen LogP) is 3.12. The fourth-order valence-corrected chi connectivity index (χ4v) is 3.07. The highest BCUT2D eigenvalue weighted by atomic mass is 16.2. The van der Waals surface area contributed by atoms with Gasteiger partial charge < -0.3 is 4.90 Å². The van der Waals surface area contributed by atoms with Gasteiger partial charge in [0.2, 0.25) is 0 Å². The summed E-state index contributed by atoms with van der Waals surface area (Å²) < 4.78 is 1.75. The van der Waals surface area contributed by atoms with E-state index in [0.717, 1.165) is 27.7 Å². The number of pyridine rings is 1. The number of rotatable bonds is 4. The third-order valence-electron chi connectivity index (χ3n) is 4.49. The van der Waals surface area contributed by atoms with Crippen molar-refractivity contribution in [2.24, 2.45) is 7.05 Å². The van der Waals surface area contributed by atoms with Crippen LogP contribution in [0, 0.1) is 0 Å². The second-order valence-corrected chi connectivity index (χ2v) is 6.57. The summed E-state index contributed by atoms with van der Waals surface area (Å²) in [5.74, 6) is 0.545. The maximum atomic E-state index is 13.0. The predicted molar refractivity (Wildman–Crippen MR) is 92.7 cm³/mol. The van der Waals surface area contributed by atoms with Crippen molar-refractivity contribution in [3.8, 4) is 0 Å². The van der Waals surface area contributed by atoms with Crippen LogP contribution in [0.1, 0.15) is 40.4 Å². The lowest BCUT2D eigenvalue weighted by molar-refractivity contribution is 0.0787. The third kappa shape index (κ3) is 2.77. The van der Waals surface area contributed by atoms with Gasteiger partial charge in [0.05, 0.1) is 17.3 Å². The average molecular weight is 320 g/mol. The molecule has 1 saturated carbocycles. The topological polar surface area (TPSA) is 51.0 Å². The molecule has 3 aromatic rings. The van der Waals surface area contributed by atoms with E-state index < -0.39 is 0 Å². The molecule has 0 radical (unpaired) electrons. The molecule has 0 bridgehead atoms. The van der Waals surface area contributed by atoms with E-state index in [1.807, 2.05) is 50.6 Å². The first-order valence-corrected chi connectivity index (χ1v) is 8.24. The molecule has 0 aliphatic heterocycles. The molecule has 0 saturated heterocycles. The largest absolute Gasteiger partial charge is 0.337 e. The lowest BCUT2D eigenvalue weighted by Gasteiger charge is -2.18. The van der Waals surface area contributed by atoms with Crippen molar-refractivity contribution in [2.75, 3.05) is 7.05 Å². The molecular weight excluding hydrogens is 300 g/mol. The van der Waals surface area contributed by atoms with Gasteiger partial charge >= 0.3 is 0 Å². The summed E-state index contributed by atoms with van der Waals surface area (Å²) in [6.07, 6.45) is 6.07. The summed E-state index contributed by atoms with van der Waals surface area (Å²) in [7, 11) is 3.71. The number of carbonyl (C=O) groups excluding carboxylic acids is 1. The molecule has 1 aliphatic carbocycles. The van der Waals surface area contributed by atoms with Crippen LogP contribution in [0.2, 0.25) is 0 Å². The second kappa shape index (κ2) is 5.74. The minimum atomic E-state index is 0.0272. The van der Waals surface area contributed by atoms with Gasteiger partial charge in [-0.25, -0.2) is 0 Å². The van der Waals surface area contributed by atoms with Crippen LogP contribution in [0.5, 0.6) is 0 Å². The second-order valence-electron chi connectivity index (χ2n) is 6.57. The number of hydrogen-bond acceptors (Lipinski definition) is 3. The van der Waals surface area contributed by atoms with Gasteiger partial charge in [0.15, 0.2) is 0 Å². The summed E-state index contributed by atoms with van der Waals surface area (Å²) in [6, 6.07) is 9.88. The highest BCUT2D eigenvalue weighted by Crippen LogP contribution is 2.40. The molecule has 1 aliphatic rings. The Morgan fingerprint density at radius 1 is 1.33 bits per heavy atom. The molecule has 5 heteroatoms. The fraction of sp³-hybridized carbons (Fsp3) is 0.316. The Hall–Kier alpha value is -2.69. The SMILES string of the molecule is CN(Cc1cnn(C)c1)C(=O)c1cc(C2CC2)nc2ccccc12. The summed E-state index contributed by atoms with van der Waals surface area (Å²) in [4.78, 5) is 19.5. The van der Waals surface area contributed by atoms with Crippen molar-refractivity contribution in [3.05, 3.63) is 59.5 Å². The number of benzene rings is 1. The first kappa shape index (κ1) is 14.9. The van der Waals surface area contributed by atoms with Crippen LogP contribution in [0.3, 0.4) is 0 Å². The van der Waals surface area contributed by atoms with Crippen molar-refractivity contribution >= 4 is 16.8 Å². The highest BCUT2D eigenvalue weighted by Gasteiger charge is 2.27. The Labute approximate surface area is 140 Å². The monoisotopic (exact) mass is 320 g/mol. The van der Waals surface area contributed by atoms with Gasteiger partial charge in [0.25, 0.3) is 5.91 Å². The standard InChI is InChI=1S/C19H20N4O/c1-22(11-13-10-20-23(2)12-13)19(24)16-9-18(14-7-8-14)21-17-6-4-3-5-15(16)17/h3-6,9-10,12,14H,7-8,11H2,1-2H3. The Bertz CT molecular complexity index is 911. The van der Waals surface area contributed by atoms with E-state index in [2.05, 4.69) is 5.10 Å². The first-order valence-electron chi connectivity index (χ1n) is 8.24. The molecule has 0 atom stereocenters. The van der Waals surface area contributed by atoms with Gasteiger partial charge in [-0.05, 0) is 25.0 Å². The van der Waals surface area contributed by atoms with E-state index in [1.165, 1.54) is 12.8 Å². The van der Waals surface area contributed by atoms with Crippen LogP contribution >= 0.6 is 0 Å². The van der Waals surface area contributed by atoms with Crippen LogP contribution < -0.4 is 0 Å². The number of nitrogens with zero attached hydrogens (tertiary/aromatic N) is 4. The van der Waals surface area contributed by atoms with Crippen molar-refractivity contribution in [3.63, 3.8) is 0 Å². The van der Waals surface area contributed by atoms with Crippen molar-refractivity contribution in [1.82, 2.24) is 19.7 Å². The molecule has 0 spiro atoms. The Morgan fingerprint density at radius 3 is 2.83 bits per heavy atom. The van der Waals surface area contributed by atoms with Crippen molar-refractivity contribution in [2.45, 2.75) is 25.3 Å². The first-order chi connectivity index (χ1) is 11.6. The summed E-state index contributed by atoms with van der Waals surface area (Å²) in [6.45, 7) is 0.544. The Balaban J connectivity index is 1.70. The van der Waals surface area contributed by atoms with Gasteiger partial charge in [-0.15, -0.1) is 0 Å². The minimum Gasteiger partial charge on any atom is -0.337 e. The molecule has 1 amide bonds. The zero-order chi connectivity index (χ0) is 16.7. The van der Waals surface area contributed by atoms with Gasteiger partial charge in [-0.1, -0.05) is 18.2 Å². The lowest BCUT2D eigenvalue weighted by Crippen LogP contribution is -2.26. The molecule has 0 unspecified atom stereocenters. The van der Waals surface area contributed by atoms with E-state index in [0.29, 0.717) is 12.5 Å². The van der Waals surface area contributed by atoms with Crippen molar-refractivity contribution in [1.29, 1.82) is 0 Å². The van der Waals surface area contributed by atoms with Gasteiger partial charge in [-0.2, -0.15) is 5.10 Å². The van der Waals surface area contributed by atoms with E-state index in [4.69, 9.17) is 4.98 Å². The van der Waals surface area contributed by atoms with Gasteiger partial charge in [0.1, 0.15) is 0 Å². The van der Waals surface area contributed by atoms with Crippen LogP contribution in [0.15, 0.2) is 42.7 Å². The smallest absolute Gasteiger partial charge is 0.254 e. The van der Waals surface area contributed by atoms with E-state index in [1.54, 1.807) is 15.8 Å². The van der Waals surface area contributed by atoms with Crippen LogP contribution in [-0.2, 0) is 13.6 Å². The molecule has 2 heterocycles. The fourth-order valence-electron chi connectivity index (χ4n) is 3.07. The van der Waals surface area contributed by atoms with Gasteiger partial charge in [-0.3, -0.25) is 14.5 Å². The number of carbonyl (C=O) groups is 1. The molecule has 1 aromatic carbocycles. The zero-order valence-electron chi connectivity index (χ0n) is 13.9. The highest BCUT2D eigenvalue weighted by molar-refractivity contribution is 6.06. The Kier molecular flexibility index (Phi) is 3.56. The number of fused-ring (bicyclic) bond motifs is 1. The Morgan fingerprint density at radius 2 is 2.12 bits per heavy atom. The van der Waals surface area contributed by atoms with Crippen molar-refractivity contribution < 1.29 is 4.79 Å². The van der Waals surface area contributed by atoms with E-state index in [-0.39, 0.29) is 5.91 Å². The summed E-state index contributed by atoms with van der Waals surface area (Å²) in [5.41, 5.74) is 3.72. The normalized spacial score (nSPS) is 14.1. The number of para-hydroxylation sites is 1. The zero-order valence-corrected chi connectivity index (χ0v) is 13.9. The minimum absolute atomic E-state index is 0.0272. The molecular formula is C19H20N4O. The third-order valence-corrected chi connectivity index (χ3v) is 4.49.